The zero-order valence-electron chi connectivity index (χ0n) is 18.8. The zero-order valence-corrected chi connectivity index (χ0v) is 18.8. The van der Waals surface area contributed by atoms with Crippen LogP contribution in [0.2, 0.25) is 0 Å². The molecule has 0 fully saturated rings. The van der Waals surface area contributed by atoms with Gasteiger partial charge < -0.3 is 15.1 Å². The Bertz CT molecular complexity index is 1100. The number of likely N-dealkylation sites (N-methyl/N-ethyl adjacent to an activating group) is 1. The van der Waals surface area contributed by atoms with E-state index < -0.39 is 0 Å². The van der Waals surface area contributed by atoms with Gasteiger partial charge >= 0.3 is 0 Å². The molecule has 1 amide bonds. The van der Waals surface area contributed by atoms with Crippen LogP contribution in [-0.2, 0) is 17.9 Å². The molecule has 1 aromatic carbocycles. The summed E-state index contributed by atoms with van der Waals surface area (Å²) in [6.45, 7) is 9.63. The van der Waals surface area contributed by atoms with E-state index in [0.29, 0.717) is 25.6 Å². The highest BCUT2D eigenvalue weighted by atomic mass is 19.1. The summed E-state index contributed by atoms with van der Waals surface area (Å²) in [6.07, 6.45) is 5.44. The molecule has 0 aliphatic carbocycles. The molecule has 0 radical (unpaired) electrons. The van der Waals surface area contributed by atoms with Crippen LogP contribution in [0.15, 0.2) is 42.9 Å². The first-order chi connectivity index (χ1) is 15.4. The number of nitrogens with zero attached hydrogens (tertiary/aromatic N) is 6. The summed E-state index contributed by atoms with van der Waals surface area (Å²) in [5, 5.41) is 7.64. The molecule has 0 saturated heterocycles. The topological polar surface area (TPSA) is 79.2 Å². The van der Waals surface area contributed by atoms with Gasteiger partial charge in [0.05, 0.1) is 18.9 Å². The molecule has 9 heteroatoms. The molecule has 1 atom stereocenters. The Kier molecular flexibility index (Phi) is 6.07. The summed E-state index contributed by atoms with van der Waals surface area (Å²) in [5.41, 5.74) is 2.69. The Morgan fingerprint density at radius 1 is 1.16 bits per heavy atom. The lowest BCUT2D eigenvalue weighted by atomic mass is 10.1. The highest BCUT2D eigenvalue weighted by Gasteiger charge is 2.37. The minimum atomic E-state index is -0.283. The molecule has 1 N–H and O–H groups in total. The molecule has 8 nitrogen and oxygen atoms in total. The number of nitrogens with one attached hydrogen (secondary N) is 1. The van der Waals surface area contributed by atoms with Crippen LogP contribution >= 0.6 is 0 Å². The molecule has 0 spiro atoms. The van der Waals surface area contributed by atoms with Crippen LogP contribution in [-0.4, -0.2) is 44.3 Å². The summed E-state index contributed by atoms with van der Waals surface area (Å²) in [7, 11) is 0. The van der Waals surface area contributed by atoms with E-state index in [9.17, 15) is 9.18 Å². The Morgan fingerprint density at radius 3 is 2.59 bits per heavy atom. The molecular formula is C23H28FN7O. The number of hydrogen-bond donors (Lipinski definition) is 1. The lowest BCUT2D eigenvalue weighted by Crippen LogP contribution is -2.54. The van der Waals surface area contributed by atoms with Crippen molar-refractivity contribution in [2.24, 2.45) is 0 Å². The van der Waals surface area contributed by atoms with Crippen molar-refractivity contribution in [3.8, 4) is 0 Å². The number of benzene rings is 1. The van der Waals surface area contributed by atoms with Gasteiger partial charge in [-0.3, -0.25) is 9.48 Å². The van der Waals surface area contributed by atoms with Crippen LogP contribution in [0.4, 0.5) is 21.8 Å². The Morgan fingerprint density at radius 2 is 1.91 bits per heavy atom. The van der Waals surface area contributed by atoms with Crippen LogP contribution in [0, 0.1) is 5.82 Å². The predicted octanol–water partition coefficient (Wildman–Crippen LogP) is 3.44. The number of anilines is 3. The van der Waals surface area contributed by atoms with Crippen LogP contribution < -0.4 is 15.1 Å². The van der Waals surface area contributed by atoms with Crippen molar-refractivity contribution in [3.63, 3.8) is 0 Å². The van der Waals surface area contributed by atoms with Crippen molar-refractivity contribution in [2.75, 3.05) is 21.7 Å². The van der Waals surface area contributed by atoms with Crippen LogP contribution in [0.25, 0.3) is 0 Å². The van der Waals surface area contributed by atoms with E-state index in [1.165, 1.54) is 12.1 Å². The smallest absolute Gasteiger partial charge is 0.249 e. The van der Waals surface area contributed by atoms with E-state index in [2.05, 4.69) is 29.2 Å². The fourth-order valence-corrected chi connectivity index (χ4v) is 4.04. The molecule has 0 bridgehead atoms. The van der Waals surface area contributed by atoms with E-state index in [0.717, 1.165) is 22.6 Å². The fourth-order valence-electron chi connectivity index (χ4n) is 4.04. The molecule has 0 saturated carbocycles. The summed E-state index contributed by atoms with van der Waals surface area (Å²) >= 11 is 0. The van der Waals surface area contributed by atoms with E-state index >= 15 is 0 Å². The number of carbonyl (C=O) groups excluding carboxylic acids is 1. The number of hydrogen-bond acceptors (Lipinski definition) is 6. The molecule has 1 aliphatic rings. The first kappa shape index (κ1) is 21.7. The average molecular weight is 438 g/mol. The molecule has 2 aromatic heterocycles. The fraction of sp³-hybridized carbons (Fsp3) is 0.391. The first-order valence-electron chi connectivity index (χ1n) is 10.8. The summed E-state index contributed by atoms with van der Waals surface area (Å²) < 4.78 is 14.9. The van der Waals surface area contributed by atoms with Gasteiger partial charge in [0.2, 0.25) is 11.9 Å². The Hall–Kier alpha value is -3.49. The van der Waals surface area contributed by atoms with Crippen molar-refractivity contribution in [2.45, 2.75) is 52.9 Å². The molecule has 4 rings (SSSR count). The first-order valence-corrected chi connectivity index (χ1v) is 10.8. The van der Waals surface area contributed by atoms with E-state index in [1.807, 2.05) is 29.6 Å². The lowest BCUT2D eigenvalue weighted by molar-refractivity contribution is -0.119. The number of aromatic nitrogens is 4. The molecule has 1 unspecified atom stereocenters. The maximum atomic E-state index is 13.1. The molecule has 3 heterocycles. The second-order valence-corrected chi connectivity index (χ2v) is 8.19. The summed E-state index contributed by atoms with van der Waals surface area (Å²) in [4.78, 5) is 25.7. The molecule has 168 valence electrons. The third-order valence-corrected chi connectivity index (χ3v) is 5.59. The Balaban J connectivity index is 1.48. The highest BCUT2D eigenvalue weighted by molar-refractivity contribution is 6.04. The molecular weight excluding hydrogens is 409 g/mol. The van der Waals surface area contributed by atoms with Gasteiger partial charge in [-0.15, -0.1) is 0 Å². The highest BCUT2D eigenvalue weighted by Crippen LogP contribution is 2.35. The SMILES string of the molecule is CCN1C(=O)C(C)N(C(C)C)c2nc(NCc3cnn(Cc4ccc(F)cc4)c3)ncc21. The van der Waals surface area contributed by atoms with Crippen molar-refractivity contribution in [1.82, 2.24) is 19.7 Å². The Labute approximate surface area is 187 Å². The van der Waals surface area contributed by atoms with Gasteiger partial charge in [-0.2, -0.15) is 10.1 Å². The second-order valence-electron chi connectivity index (χ2n) is 8.19. The van der Waals surface area contributed by atoms with E-state index in [4.69, 9.17) is 4.98 Å². The summed E-state index contributed by atoms with van der Waals surface area (Å²) in [6, 6.07) is 6.24. The second kappa shape index (κ2) is 8.94. The number of amides is 1. The summed E-state index contributed by atoms with van der Waals surface area (Å²) in [5.74, 6) is 1.07. The normalized spacial score (nSPS) is 15.9. The van der Waals surface area contributed by atoms with Crippen molar-refractivity contribution in [3.05, 3.63) is 59.8 Å². The minimum Gasteiger partial charge on any atom is -0.350 e. The molecule has 1 aliphatic heterocycles. The quantitative estimate of drug-likeness (QED) is 0.610. The largest absolute Gasteiger partial charge is 0.350 e. The predicted molar refractivity (Wildman–Crippen MR) is 122 cm³/mol. The third kappa shape index (κ3) is 4.28. The lowest BCUT2D eigenvalue weighted by Gasteiger charge is -2.42. The molecule has 3 aromatic rings. The van der Waals surface area contributed by atoms with E-state index in [-0.39, 0.29) is 23.8 Å². The average Bonchev–Trinajstić information content (AvgIpc) is 3.22. The van der Waals surface area contributed by atoms with Crippen LogP contribution in [0.5, 0.6) is 0 Å². The van der Waals surface area contributed by atoms with Crippen molar-refractivity contribution in [1.29, 1.82) is 0 Å². The maximum Gasteiger partial charge on any atom is 0.249 e. The number of carbonyl (C=O) groups is 1. The van der Waals surface area contributed by atoms with E-state index in [1.54, 1.807) is 29.4 Å². The van der Waals surface area contributed by atoms with Crippen LogP contribution in [0.3, 0.4) is 0 Å². The van der Waals surface area contributed by atoms with Crippen molar-refractivity contribution < 1.29 is 9.18 Å². The number of rotatable bonds is 7. The van der Waals surface area contributed by atoms with Gasteiger partial charge in [0.1, 0.15) is 17.5 Å². The monoisotopic (exact) mass is 437 g/mol. The van der Waals surface area contributed by atoms with Gasteiger partial charge in [-0.05, 0) is 45.4 Å². The third-order valence-electron chi connectivity index (χ3n) is 5.59. The van der Waals surface area contributed by atoms with Gasteiger partial charge in [-0.1, -0.05) is 12.1 Å². The number of fused-ring (bicyclic) bond motifs is 1. The number of halogens is 1. The van der Waals surface area contributed by atoms with Crippen molar-refractivity contribution >= 4 is 23.4 Å². The van der Waals surface area contributed by atoms with Gasteiger partial charge in [0.15, 0.2) is 5.82 Å². The van der Waals surface area contributed by atoms with Crippen LogP contribution in [0.1, 0.15) is 38.8 Å². The van der Waals surface area contributed by atoms with Gasteiger partial charge in [0.25, 0.3) is 0 Å². The minimum absolute atomic E-state index is 0.0616. The maximum absolute atomic E-state index is 13.1. The van der Waals surface area contributed by atoms with Gasteiger partial charge in [-0.25, -0.2) is 9.37 Å². The standard InChI is InChI=1S/C23H28FN7O/c1-5-30-20-12-26-23(28-21(20)31(15(2)3)16(4)22(30)32)25-10-18-11-27-29(14-18)13-17-6-8-19(24)9-7-17/h6-9,11-12,14-16H,5,10,13H2,1-4H3,(H,25,26,28). The van der Waals surface area contributed by atoms with Gasteiger partial charge in [0, 0.05) is 30.9 Å². The zero-order chi connectivity index (χ0) is 22.8. The molecule has 32 heavy (non-hydrogen) atoms.